The number of hydrogen-bond donors (Lipinski definition) is 2. The van der Waals surface area contributed by atoms with Crippen LogP contribution in [-0.4, -0.2) is 0 Å². The van der Waals surface area contributed by atoms with Crippen LogP contribution in [0.5, 0.6) is 0 Å². The van der Waals surface area contributed by atoms with Gasteiger partial charge < -0.3 is 11.1 Å². The minimum atomic E-state index is -4.75. The van der Waals surface area contributed by atoms with E-state index in [1.165, 1.54) is 6.07 Å². The van der Waals surface area contributed by atoms with E-state index in [2.05, 4.69) is 21.2 Å². The number of nitrogens with one attached hydrogen (secondary N) is 1. The standard InChI is InChI=1S/C13H9BrF4N2/c14-7-1-4-11(19)12(5-7)20-8-2-3-10(15)9(6-8)13(16,17)18/h1-6,20H,19H2. The van der Waals surface area contributed by atoms with Gasteiger partial charge in [0.25, 0.3) is 0 Å². The van der Waals surface area contributed by atoms with Crippen molar-refractivity contribution in [3.05, 3.63) is 52.3 Å². The number of rotatable bonds is 2. The monoisotopic (exact) mass is 348 g/mol. The van der Waals surface area contributed by atoms with E-state index in [0.29, 0.717) is 21.9 Å². The lowest BCUT2D eigenvalue weighted by molar-refractivity contribution is -0.139. The molecule has 0 heterocycles. The summed E-state index contributed by atoms with van der Waals surface area (Å²) in [6.45, 7) is 0. The molecule has 0 bridgehead atoms. The highest BCUT2D eigenvalue weighted by molar-refractivity contribution is 9.10. The van der Waals surface area contributed by atoms with E-state index in [4.69, 9.17) is 5.73 Å². The van der Waals surface area contributed by atoms with Crippen LogP contribution in [0.25, 0.3) is 0 Å². The largest absolute Gasteiger partial charge is 0.419 e. The van der Waals surface area contributed by atoms with Gasteiger partial charge in [0.2, 0.25) is 0 Å². The number of hydrogen-bond acceptors (Lipinski definition) is 2. The molecule has 2 aromatic carbocycles. The quantitative estimate of drug-likeness (QED) is 0.596. The van der Waals surface area contributed by atoms with E-state index < -0.39 is 17.6 Å². The summed E-state index contributed by atoms with van der Waals surface area (Å²) in [7, 11) is 0. The van der Waals surface area contributed by atoms with Crippen molar-refractivity contribution < 1.29 is 17.6 Å². The number of alkyl halides is 3. The Morgan fingerprint density at radius 3 is 2.40 bits per heavy atom. The summed E-state index contributed by atoms with van der Waals surface area (Å²) in [6.07, 6.45) is -4.75. The van der Waals surface area contributed by atoms with Gasteiger partial charge in [-0.2, -0.15) is 13.2 Å². The van der Waals surface area contributed by atoms with Crippen molar-refractivity contribution in [3.63, 3.8) is 0 Å². The second-order valence-corrected chi connectivity index (χ2v) is 4.96. The molecule has 0 radical (unpaired) electrons. The van der Waals surface area contributed by atoms with Crippen LogP contribution in [0.4, 0.5) is 34.6 Å². The molecule has 2 nitrogen and oxygen atoms in total. The first-order valence-electron chi connectivity index (χ1n) is 5.46. The maximum atomic E-state index is 13.2. The third kappa shape index (κ3) is 3.22. The highest BCUT2D eigenvalue weighted by Crippen LogP contribution is 2.34. The zero-order chi connectivity index (χ0) is 14.9. The topological polar surface area (TPSA) is 38.0 Å². The summed E-state index contributed by atoms with van der Waals surface area (Å²) in [4.78, 5) is 0. The zero-order valence-electron chi connectivity index (χ0n) is 9.93. The normalized spacial score (nSPS) is 11.4. The first kappa shape index (κ1) is 14.6. The number of halogens is 5. The predicted octanol–water partition coefficient (Wildman–Crippen LogP) is 4.93. The Morgan fingerprint density at radius 2 is 1.75 bits per heavy atom. The molecule has 0 saturated carbocycles. The van der Waals surface area contributed by atoms with Crippen LogP contribution < -0.4 is 11.1 Å². The van der Waals surface area contributed by atoms with Crippen LogP contribution in [-0.2, 0) is 6.18 Å². The molecule has 0 aliphatic rings. The summed E-state index contributed by atoms with van der Waals surface area (Å²) in [6, 6.07) is 7.60. The van der Waals surface area contributed by atoms with E-state index in [1.54, 1.807) is 18.2 Å². The van der Waals surface area contributed by atoms with Gasteiger partial charge in [0.05, 0.1) is 16.9 Å². The van der Waals surface area contributed by atoms with E-state index in [0.717, 1.165) is 6.07 Å². The molecule has 0 aliphatic heterocycles. The smallest absolute Gasteiger partial charge is 0.397 e. The second-order valence-electron chi connectivity index (χ2n) is 4.05. The summed E-state index contributed by atoms with van der Waals surface area (Å²) in [5, 5.41) is 2.73. The molecule has 2 rings (SSSR count). The third-order valence-electron chi connectivity index (χ3n) is 2.57. The molecular weight excluding hydrogens is 340 g/mol. The Balaban J connectivity index is 2.37. The Morgan fingerprint density at radius 1 is 1.05 bits per heavy atom. The Kier molecular flexibility index (Phi) is 3.89. The molecule has 7 heteroatoms. The molecule has 3 N–H and O–H groups in total. The number of nitrogens with two attached hydrogens (primary N) is 1. The highest BCUT2D eigenvalue weighted by atomic mass is 79.9. The average Bonchev–Trinajstić information content (AvgIpc) is 2.35. The molecule has 2 aromatic rings. The SMILES string of the molecule is Nc1ccc(Br)cc1Nc1ccc(F)c(C(F)(F)F)c1. The summed E-state index contributed by atoms with van der Waals surface area (Å²) in [5.41, 5.74) is 5.29. The fourth-order valence-electron chi connectivity index (χ4n) is 1.61. The van der Waals surface area contributed by atoms with Crippen molar-refractivity contribution >= 4 is 33.0 Å². The summed E-state index contributed by atoms with van der Waals surface area (Å²) >= 11 is 3.23. The van der Waals surface area contributed by atoms with Crippen LogP contribution in [0.3, 0.4) is 0 Å². The first-order chi connectivity index (χ1) is 9.27. The van der Waals surface area contributed by atoms with Crippen molar-refractivity contribution in [1.82, 2.24) is 0 Å². The Bertz CT molecular complexity index is 641. The van der Waals surface area contributed by atoms with Gasteiger partial charge in [0.1, 0.15) is 5.82 Å². The van der Waals surface area contributed by atoms with Crippen LogP contribution in [0.1, 0.15) is 5.56 Å². The van der Waals surface area contributed by atoms with Gasteiger partial charge in [-0.25, -0.2) is 4.39 Å². The summed E-state index contributed by atoms with van der Waals surface area (Å²) in [5.74, 6) is -1.31. The van der Waals surface area contributed by atoms with E-state index in [-0.39, 0.29) is 5.69 Å². The predicted molar refractivity (Wildman–Crippen MR) is 73.2 cm³/mol. The van der Waals surface area contributed by atoms with E-state index in [1.807, 2.05) is 0 Å². The molecule has 0 spiro atoms. The minimum Gasteiger partial charge on any atom is -0.397 e. The van der Waals surface area contributed by atoms with Gasteiger partial charge in [0.15, 0.2) is 0 Å². The second kappa shape index (κ2) is 5.32. The van der Waals surface area contributed by atoms with Gasteiger partial charge >= 0.3 is 6.18 Å². The van der Waals surface area contributed by atoms with Crippen LogP contribution in [0.15, 0.2) is 40.9 Å². The molecule has 0 amide bonds. The van der Waals surface area contributed by atoms with Crippen LogP contribution >= 0.6 is 15.9 Å². The third-order valence-corrected chi connectivity index (χ3v) is 3.06. The van der Waals surface area contributed by atoms with Gasteiger partial charge in [-0.05, 0) is 36.4 Å². The fourth-order valence-corrected chi connectivity index (χ4v) is 1.97. The maximum Gasteiger partial charge on any atom is 0.419 e. The fraction of sp³-hybridized carbons (Fsp3) is 0.0769. The van der Waals surface area contributed by atoms with Crippen molar-refractivity contribution in [1.29, 1.82) is 0 Å². The van der Waals surface area contributed by atoms with Gasteiger partial charge in [-0.15, -0.1) is 0 Å². The van der Waals surface area contributed by atoms with Crippen molar-refractivity contribution in [2.75, 3.05) is 11.1 Å². The van der Waals surface area contributed by atoms with Crippen molar-refractivity contribution in [2.45, 2.75) is 6.18 Å². The van der Waals surface area contributed by atoms with Gasteiger partial charge in [-0.1, -0.05) is 15.9 Å². The molecule has 0 fully saturated rings. The maximum absolute atomic E-state index is 13.2. The summed E-state index contributed by atoms with van der Waals surface area (Å²) < 4.78 is 51.7. The molecule has 0 unspecified atom stereocenters. The zero-order valence-corrected chi connectivity index (χ0v) is 11.5. The molecule has 0 saturated heterocycles. The molecule has 20 heavy (non-hydrogen) atoms. The van der Waals surface area contributed by atoms with Gasteiger partial charge in [-0.3, -0.25) is 0 Å². The molecule has 0 aromatic heterocycles. The van der Waals surface area contributed by atoms with Crippen LogP contribution in [0, 0.1) is 5.82 Å². The first-order valence-corrected chi connectivity index (χ1v) is 6.25. The van der Waals surface area contributed by atoms with E-state index >= 15 is 0 Å². The van der Waals surface area contributed by atoms with Crippen LogP contribution in [0.2, 0.25) is 0 Å². The highest BCUT2D eigenvalue weighted by Gasteiger charge is 2.34. The molecule has 0 atom stereocenters. The van der Waals surface area contributed by atoms with E-state index in [9.17, 15) is 17.6 Å². The Labute approximate surface area is 120 Å². The molecule has 106 valence electrons. The lowest BCUT2D eigenvalue weighted by Gasteiger charge is -2.13. The number of anilines is 3. The average molecular weight is 349 g/mol. The molecular formula is C13H9BrF4N2. The van der Waals surface area contributed by atoms with Crippen molar-refractivity contribution in [3.8, 4) is 0 Å². The lowest BCUT2D eigenvalue weighted by atomic mass is 10.1. The molecule has 0 aliphatic carbocycles. The Hall–Kier alpha value is -1.76. The number of benzene rings is 2. The minimum absolute atomic E-state index is 0.100. The number of nitrogen functional groups attached to an aromatic ring is 1. The van der Waals surface area contributed by atoms with Crippen molar-refractivity contribution in [2.24, 2.45) is 0 Å². The van der Waals surface area contributed by atoms with Gasteiger partial charge in [0, 0.05) is 10.2 Å². The lowest BCUT2D eigenvalue weighted by Crippen LogP contribution is -2.08.